The highest BCUT2D eigenvalue weighted by Gasteiger charge is 2.19. The van der Waals surface area contributed by atoms with Crippen molar-refractivity contribution >= 4 is 29.1 Å². The van der Waals surface area contributed by atoms with Crippen LogP contribution in [0.3, 0.4) is 0 Å². The molecule has 1 heterocycles. The molecule has 1 N–H and O–H groups in total. The van der Waals surface area contributed by atoms with E-state index in [9.17, 15) is 4.79 Å². The molecule has 0 radical (unpaired) electrons. The molecule has 4 nitrogen and oxygen atoms in total. The summed E-state index contributed by atoms with van der Waals surface area (Å²) in [6.07, 6.45) is 7.08. The van der Waals surface area contributed by atoms with E-state index in [1.807, 2.05) is 30.4 Å². The minimum atomic E-state index is -0.575. The fourth-order valence-corrected chi connectivity index (χ4v) is 3.40. The number of hydrogen-bond donors (Lipinski definition) is 1. The van der Waals surface area contributed by atoms with Gasteiger partial charge in [-0.05, 0) is 42.2 Å². The number of fused-ring (bicyclic) bond motifs is 1. The third-order valence-corrected chi connectivity index (χ3v) is 4.89. The number of nitrogens with zero attached hydrogens (tertiary/aromatic N) is 1. The van der Waals surface area contributed by atoms with Crippen molar-refractivity contribution in [2.75, 3.05) is 23.3 Å². The van der Waals surface area contributed by atoms with Gasteiger partial charge in [-0.1, -0.05) is 61.2 Å². The smallest absolute Gasteiger partial charge is 0.410 e. The van der Waals surface area contributed by atoms with Gasteiger partial charge in [0.2, 0.25) is 0 Å². The summed E-state index contributed by atoms with van der Waals surface area (Å²) in [5, 5.41) is 3.13. The lowest BCUT2D eigenvalue weighted by Crippen LogP contribution is -2.31. The Balaban J connectivity index is 1.76. The van der Waals surface area contributed by atoms with Gasteiger partial charge < -0.3 is 9.64 Å². The van der Waals surface area contributed by atoms with E-state index in [0.717, 1.165) is 37.2 Å². The maximum Gasteiger partial charge on any atom is 0.417 e. The average molecular weight is 395 g/mol. The van der Waals surface area contributed by atoms with E-state index < -0.39 is 6.09 Å². The number of rotatable bonds is 6. The summed E-state index contributed by atoms with van der Waals surface area (Å²) in [6, 6.07) is 12.8. The summed E-state index contributed by atoms with van der Waals surface area (Å²) < 4.78 is 5.48. The van der Waals surface area contributed by atoms with Gasteiger partial charge in [-0.25, -0.2) is 4.79 Å². The Kier molecular flexibility index (Phi) is 6.56. The van der Waals surface area contributed by atoms with Gasteiger partial charge in [-0.15, -0.1) is 0 Å². The lowest BCUT2D eigenvalue weighted by molar-refractivity contribution is 0.215. The minimum Gasteiger partial charge on any atom is -0.410 e. The molecular weight excluding hydrogens is 372 g/mol. The number of carbonyl (C=O) groups is 1. The van der Waals surface area contributed by atoms with Crippen molar-refractivity contribution in [3.8, 4) is 5.75 Å². The Bertz CT molecular complexity index is 921. The molecule has 0 atom stereocenters. The number of allylic oxidation sites excluding steroid dienone is 2. The molecule has 28 heavy (non-hydrogen) atoms. The van der Waals surface area contributed by atoms with Crippen molar-refractivity contribution in [1.29, 1.82) is 0 Å². The molecule has 1 aliphatic heterocycles. The second kappa shape index (κ2) is 9.29. The van der Waals surface area contributed by atoms with Gasteiger partial charge in [-0.3, -0.25) is 5.32 Å². The van der Waals surface area contributed by atoms with Crippen LogP contribution in [0, 0.1) is 0 Å². The van der Waals surface area contributed by atoms with Gasteiger partial charge in [0.15, 0.2) is 0 Å². The zero-order valence-corrected chi connectivity index (χ0v) is 16.4. The number of amides is 1. The van der Waals surface area contributed by atoms with Crippen LogP contribution in [-0.2, 0) is 6.42 Å². The molecule has 1 amide bonds. The van der Waals surface area contributed by atoms with Crippen LogP contribution in [0.4, 0.5) is 16.2 Å². The maximum atomic E-state index is 12.3. The van der Waals surface area contributed by atoms with E-state index in [4.69, 9.17) is 16.3 Å². The molecule has 2 aromatic rings. The predicted octanol–water partition coefficient (Wildman–Crippen LogP) is 6.00. The number of anilines is 2. The van der Waals surface area contributed by atoms with Gasteiger partial charge in [0.05, 0.1) is 10.7 Å². The van der Waals surface area contributed by atoms with Crippen molar-refractivity contribution in [3.05, 3.63) is 90.0 Å². The van der Waals surface area contributed by atoms with Gasteiger partial charge in [0.1, 0.15) is 5.75 Å². The number of ether oxygens (including phenoxy) is 1. The number of hydrogen-bond acceptors (Lipinski definition) is 3. The van der Waals surface area contributed by atoms with Gasteiger partial charge in [-0.2, -0.15) is 0 Å². The highest BCUT2D eigenvalue weighted by Crippen LogP contribution is 2.32. The quantitative estimate of drug-likeness (QED) is 0.610. The summed E-state index contributed by atoms with van der Waals surface area (Å²) >= 11 is 6.08. The first-order chi connectivity index (χ1) is 13.6. The van der Waals surface area contributed by atoms with E-state index in [-0.39, 0.29) is 0 Å². The number of benzene rings is 2. The van der Waals surface area contributed by atoms with Gasteiger partial charge in [0.25, 0.3) is 0 Å². The average Bonchev–Trinajstić information content (AvgIpc) is 2.69. The summed E-state index contributed by atoms with van der Waals surface area (Å²) in [5.41, 5.74) is 3.92. The van der Waals surface area contributed by atoms with Crippen LogP contribution in [-0.4, -0.2) is 19.2 Å². The molecule has 0 aromatic heterocycles. The fourth-order valence-electron chi connectivity index (χ4n) is 3.22. The number of halogens is 1. The first kappa shape index (κ1) is 19.8. The Morgan fingerprint density at radius 2 is 2.07 bits per heavy atom. The molecule has 0 unspecified atom stereocenters. The molecule has 0 bridgehead atoms. The van der Waals surface area contributed by atoms with Crippen LogP contribution in [0.2, 0.25) is 5.02 Å². The Hall–Kier alpha value is -2.98. The van der Waals surface area contributed by atoms with Crippen LogP contribution in [0.25, 0.3) is 0 Å². The van der Waals surface area contributed by atoms with Crippen molar-refractivity contribution in [2.24, 2.45) is 0 Å². The highest BCUT2D eigenvalue weighted by molar-refractivity contribution is 6.33. The SMILES string of the molecule is C=C/C=C(\C=C)CN1CCCc2ccc(OC(=O)Nc3ccccc3Cl)cc21. The van der Waals surface area contributed by atoms with E-state index >= 15 is 0 Å². The van der Waals surface area contributed by atoms with Crippen molar-refractivity contribution in [1.82, 2.24) is 0 Å². The fraction of sp³-hybridized carbons (Fsp3) is 0.174. The second-order valence-electron chi connectivity index (χ2n) is 6.49. The van der Waals surface area contributed by atoms with Crippen LogP contribution in [0.5, 0.6) is 5.75 Å². The van der Waals surface area contributed by atoms with Gasteiger partial charge >= 0.3 is 6.09 Å². The second-order valence-corrected chi connectivity index (χ2v) is 6.90. The number of nitrogens with one attached hydrogen (secondary N) is 1. The molecule has 0 saturated heterocycles. The standard InChI is InChI=1S/C23H23ClN2O2/c1-3-8-17(4-2)16-26-14-7-9-18-12-13-19(15-22(18)26)28-23(27)25-21-11-6-5-10-20(21)24/h3-6,8,10-13,15H,1-2,7,9,14,16H2,(H,25,27)/b17-8+. The monoisotopic (exact) mass is 394 g/mol. The lowest BCUT2D eigenvalue weighted by Gasteiger charge is -2.32. The van der Waals surface area contributed by atoms with Crippen LogP contribution < -0.4 is 15.0 Å². The first-order valence-electron chi connectivity index (χ1n) is 9.16. The summed E-state index contributed by atoms with van der Waals surface area (Å²) in [4.78, 5) is 14.5. The van der Waals surface area contributed by atoms with Crippen molar-refractivity contribution < 1.29 is 9.53 Å². The van der Waals surface area contributed by atoms with Gasteiger partial charge in [0, 0.05) is 24.8 Å². The van der Waals surface area contributed by atoms with E-state index in [1.54, 1.807) is 30.3 Å². The molecule has 0 fully saturated rings. The number of carbonyl (C=O) groups excluding carboxylic acids is 1. The minimum absolute atomic E-state index is 0.460. The maximum absolute atomic E-state index is 12.3. The molecule has 0 aliphatic carbocycles. The van der Waals surface area contributed by atoms with Crippen LogP contribution in [0.1, 0.15) is 12.0 Å². The molecule has 0 spiro atoms. The molecule has 0 saturated carbocycles. The largest absolute Gasteiger partial charge is 0.417 e. The third kappa shape index (κ3) is 4.84. The Morgan fingerprint density at radius 1 is 1.25 bits per heavy atom. The molecule has 5 heteroatoms. The summed E-state index contributed by atoms with van der Waals surface area (Å²) in [7, 11) is 0. The van der Waals surface area contributed by atoms with E-state index in [1.165, 1.54) is 5.56 Å². The summed E-state index contributed by atoms with van der Waals surface area (Å²) in [5.74, 6) is 0.489. The zero-order chi connectivity index (χ0) is 19.9. The topological polar surface area (TPSA) is 41.6 Å². The number of aryl methyl sites for hydroxylation is 1. The molecule has 2 aromatic carbocycles. The Morgan fingerprint density at radius 3 is 2.82 bits per heavy atom. The highest BCUT2D eigenvalue weighted by atomic mass is 35.5. The van der Waals surface area contributed by atoms with E-state index in [2.05, 4.69) is 23.4 Å². The first-order valence-corrected chi connectivity index (χ1v) is 9.54. The molecule has 1 aliphatic rings. The predicted molar refractivity (Wildman–Crippen MR) is 117 cm³/mol. The molecular formula is C23H23ClN2O2. The van der Waals surface area contributed by atoms with Crippen LogP contribution >= 0.6 is 11.6 Å². The van der Waals surface area contributed by atoms with Crippen molar-refractivity contribution in [3.63, 3.8) is 0 Å². The zero-order valence-electron chi connectivity index (χ0n) is 15.7. The van der Waals surface area contributed by atoms with Crippen LogP contribution in [0.15, 0.2) is 79.4 Å². The van der Waals surface area contributed by atoms with E-state index in [0.29, 0.717) is 16.5 Å². The van der Waals surface area contributed by atoms with Crippen molar-refractivity contribution in [2.45, 2.75) is 12.8 Å². The molecule has 144 valence electrons. The lowest BCUT2D eigenvalue weighted by atomic mass is 10.0. The number of para-hydroxylation sites is 1. The third-order valence-electron chi connectivity index (χ3n) is 4.56. The Labute approximate surface area is 170 Å². The normalized spacial score (nSPS) is 13.5. The molecule has 3 rings (SSSR count). The summed E-state index contributed by atoms with van der Waals surface area (Å²) in [6.45, 7) is 9.30.